The van der Waals surface area contributed by atoms with Crippen molar-refractivity contribution in [3.63, 3.8) is 0 Å². The zero-order valence-electron chi connectivity index (χ0n) is 12.9. The lowest BCUT2D eigenvalue weighted by atomic mass is 10.0. The van der Waals surface area contributed by atoms with Gasteiger partial charge in [-0.2, -0.15) is 0 Å². The normalized spacial score (nSPS) is 11.8. The van der Waals surface area contributed by atoms with Gasteiger partial charge in [0.15, 0.2) is 0 Å². The minimum Gasteiger partial charge on any atom is -0.469 e. The number of methoxy groups -OCH3 is 1. The monoisotopic (exact) mass is 317 g/mol. The van der Waals surface area contributed by atoms with E-state index in [1.165, 1.54) is 18.4 Å². The average molecular weight is 317 g/mol. The first-order valence-corrected chi connectivity index (χ1v) is 7.82. The van der Waals surface area contributed by atoms with Gasteiger partial charge < -0.3 is 10.1 Å². The summed E-state index contributed by atoms with van der Waals surface area (Å²) in [4.78, 5) is 25.8. The van der Waals surface area contributed by atoms with Crippen LogP contribution in [0.4, 0.5) is 0 Å². The SMILES string of the molecule is COC(=O)C[C@H](NC(=O)c1cc(C)c(C)s1)c1ccccc1. The first-order chi connectivity index (χ1) is 10.5. The van der Waals surface area contributed by atoms with Crippen LogP contribution in [0.15, 0.2) is 36.4 Å². The number of hydrogen-bond donors (Lipinski definition) is 1. The first-order valence-electron chi connectivity index (χ1n) is 7.01. The van der Waals surface area contributed by atoms with E-state index in [1.807, 2.05) is 50.2 Å². The Labute approximate surface area is 134 Å². The molecule has 5 heteroatoms. The van der Waals surface area contributed by atoms with Gasteiger partial charge in [0, 0.05) is 4.88 Å². The van der Waals surface area contributed by atoms with Crippen LogP contribution in [-0.2, 0) is 9.53 Å². The molecule has 22 heavy (non-hydrogen) atoms. The van der Waals surface area contributed by atoms with Crippen molar-refractivity contribution in [2.45, 2.75) is 26.3 Å². The molecule has 0 aliphatic rings. The van der Waals surface area contributed by atoms with Crippen LogP contribution < -0.4 is 5.32 Å². The molecule has 0 saturated carbocycles. The summed E-state index contributed by atoms with van der Waals surface area (Å²) in [5, 5.41) is 2.93. The van der Waals surface area contributed by atoms with Crippen LogP contribution in [0.2, 0.25) is 0 Å². The van der Waals surface area contributed by atoms with Crippen molar-refractivity contribution < 1.29 is 14.3 Å². The number of hydrogen-bond acceptors (Lipinski definition) is 4. The Balaban J connectivity index is 2.18. The van der Waals surface area contributed by atoms with Crippen LogP contribution in [0.3, 0.4) is 0 Å². The number of amides is 1. The predicted octanol–water partition coefficient (Wildman–Crippen LogP) is 3.40. The van der Waals surface area contributed by atoms with E-state index in [9.17, 15) is 9.59 Å². The summed E-state index contributed by atoms with van der Waals surface area (Å²) < 4.78 is 4.73. The average Bonchev–Trinajstić information content (AvgIpc) is 2.87. The summed E-state index contributed by atoms with van der Waals surface area (Å²) in [6, 6.07) is 10.9. The molecule has 0 bridgehead atoms. The Morgan fingerprint density at radius 1 is 1.23 bits per heavy atom. The molecule has 1 aromatic carbocycles. The summed E-state index contributed by atoms with van der Waals surface area (Å²) in [5.41, 5.74) is 1.98. The van der Waals surface area contributed by atoms with Gasteiger partial charge in [-0.1, -0.05) is 30.3 Å². The zero-order valence-corrected chi connectivity index (χ0v) is 13.7. The molecule has 1 amide bonds. The lowest BCUT2D eigenvalue weighted by Crippen LogP contribution is -2.30. The van der Waals surface area contributed by atoms with Gasteiger partial charge in [0.25, 0.3) is 5.91 Å². The number of ether oxygens (including phenoxy) is 1. The van der Waals surface area contributed by atoms with Crippen molar-refractivity contribution in [1.29, 1.82) is 0 Å². The van der Waals surface area contributed by atoms with E-state index in [0.717, 1.165) is 16.0 Å². The van der Waals surface area contributed by atoms with Gasteiger partial charge in [-0.05, 0) is 31.0 Å². The summed E-state index contributed by atoms with van der Waals surface area (Å²) in [6.45, 7) is 3.96. The summed E-state index contributed by atoms with van der Waals surface area (Å²) >= 11 is 1.46. The van der Waals surface area contributed by atoms with Gasteiger partial charge in [-0.3, -0.25) is 9.59 Å². The number of rotatable bonds is 5. The van der Waals surface area contributed by atoms with Crippen molar-refractivity contribution >= 4 is 23.2 Å². The van der Waals surface area contributed by atoms with Crippen LogP contribution >= 0.6 is 11.3 Å². The van der Waals surface area contributed by atoms with Gasteiger partial charge in [-0.25, -0.2) is 0 Å². The molecule has 1 N–H and O–H groups in total. The second kappa shape index (κ2) is 7.22. The molecule has 0 aliphatic carbocycles. The summed E-state index contributed by atoms with van der Waals surface area (Å²) in [7, 11) is 1.35. The fraction of sp³-hybridized carbons (Fsp3) is 0.294. The molecule has 116 valence electrons. The van der Waals surface area contributed by atoms with Crippen molar-refractivity contribution in [2.75, 3.05) is 7.11 Å². The lowest BCUT2D eigenvalue weighted by Gasteiger charge is -2.17. The second-order valence-corrected chi connectivity index (χ2v) is 6.32. The standard InChI is InChI=1S/C17H19NO3S/c1-11-9-15(22-12(11)2)17(20)18-14(10-16(19)21-3)13-7-5-4-6-8-13/h4-9,14H,10H2,1-3H3,(H,18,20)/t14-/m0/s1. The molecule has 1 aromatic heterocycles. The van der Waals surface area contributed by atoms with E-state index in [2.05, 4.69) is 5.32 Å². The van der Waals surface area contributed by atoms with E-state index in [-0.39, 0.29) is 18.3 Å². The number of carbonyl (C=O) groups excluding carboxylic acids is 2. The number of aryl methyl sites for hydroxylation is 2. The van der Waals surface area contributed by atoms with Gasteiger partial charge in [-0.15, -0.1) is 11.3 Å². The highest BCUT2D eigenvalue weighted by atomic mass is 32.1. The largest absolute Gasteiger partial charge is 0.469 e. The van der Waals surface area contributed by atoms with Crippen LogP contribution in [0.5, 0.6) is 0 Å². The Kier molecular flexibility index (Phi) is 5.33. The molecule has 4 nitrogen and oxygen atoms in total. The third-order valence-electron chi connectivity index (χ3n) is 3.50. The van der Waals surface area contributed by atoms with Crippen molar-refractivity contribution in [3.05, 3.63) is 57.3 Å². The summed E-state index contributed by atoms with van der Waals surface area (Å²) in [5.74, 6) is -0.522. The maximum atomic E-state index is 12.4. The van der Waals surface area contributed by atoms with Crippen molar-refractivity contribution in [3.8, 4) is 0 Å². The highest BCUT2D eigenvalue weighted by Gasteiger charge is 2.20. The van der Waals surface area contributed by atoms with Crippen LogP contribution in [0, 0.1) is 13.8 Å². The van der Waals surface area contributed by atoms with Crippen LogP contribution in [-0.4, -0.2) is 19.0 Å². The highest BCUT2D eigenvalue weighted by Crippen LogP contribution is 2.23. The molecule has 0 unspecified atom stereocenters. The summed E-state index contributed by atoms with van der Waals surface area (Å²) in [6.07, 6.45) is 0.107. The quantitative estimate of drug-likeness (QED) is 0.860. The highest BCUT2D eigenvalue weighted by molar-refractivity contribution is 7.14. The van der Waals surface area contributed by atoms with Gasteiger partial charge in [0.2, 0.25) is 0 Å². The molecular formula is C17H19NO3S. The predicted molar refractivity (Wildman–Crippen MR) is 87.1 cm³/mol. The van der Waals surface area contributed by atoms with Crippen molar-refractivity contribution in [1.82, 2.24) is 5.32 Å². The lowest BCUT2D eigenvalue weighted by molar-refractivity contribution is -0.141. The van der Waals surface area contributed by atoms with Gasteiger partial charge in [0.1, 0.15) is 0 Å². The molecule has 2 aromatic rings. The second-order valence-electron chi connectivity index (χ2n) is 5.07. The van der Waals surface area contributed by atoms with E-state index in [0.29, 0.717) is 4.88 Å². The Morgan fingerprint density at radius 3 is 2.45 bits per heavy atom. The van der Waals surface area contributed by atoms with E-state index in [4.69, 9.17) is 4.74 Å². The van der Waals surface area contributed by atoms with Gasteiger partial charge in [0.05, 0.1) is 24.4 Å². The topological polar surface area (TPSA) is 55.4 Å². The number of benzene rings is 1. The van der Waals surface area contributed by atoms with Crippen LogP contribution in [0.25, 0.3) is 0 Å². The molecule has 0 saturated heterocycles. The molecule has 2 rings (SSSR count). The van der Waals surface area contributed by atoms with Crippen molar-refractivity contribution in [2.24, 2.45) is 0 Å². The van der Waals surface area contributed by atoms with E-state index >= 15 is 0 Å². The molecule has 1 heterocycles. The zero-order chi connectivity index (χ0) is 16.1. The van der Waals surface area contributed by atoms with E-state index < -0.39 is 6.04 Å². The smallest absolute Gasteiger partial charge is 0.307 e. The third kappa shape index (κ3) is 3.95. The molecule has 0 aliphatic heterocycles. The number of carbonyl (C=O) groups is 2. The maximum Gasteiger partial charge on any atom is 0.307 e. The van der Waals surface area contributed by atoms with Gasteiger partial charge >= 0.3 is 5.97 Å². The molecule has 0 spiro atoms. The Hall–Kier alpha value is -2.14. The molecule has 1 atom stereocenters. The maximum absolute atomic E-state index is 12.4. The number of thiophene rings is 1. The molecule has 0 fully saturated rings. The Morgan fingerprint density at radius 2 is 1.91 bits per heavy atom. The third-order valence-corrected chi connectivity index (χ3v) is 4.65. The fourth-order valence-electron chi connectivity index (χ4n) is 2.10. The fourth-order valence-corrected chi connectivity index (χ4v) is 3.04. The van der Waals surface area contributed by atoms with E-state index in [1.54, 1.807) is 0 Å². The molecule has 0 radical (unpaired) electrons. The number of nitrogens with one attached hydrogen (secondary N) is 1. The first kappa shape index (κ1) is 16.2. The number of esters is 1. The van der Waals surface area contributed by atoms with Crippen LogP contribution in [0.1, 0.15) is 38.1 Å². The minimum atomic E-state index is -0.399. The minimum absolute atomic E-state index is 0.107. The molecular weight excluding hydrogens is 298 g/mol. The Bertz CT molecular complexity index is 644.